The summed E-state index contributed by atoms with van der Waals surface area (Å²) in [7, 11) is 4.16. The predicted molar refractivity (Wildman–Crippen MR) is 95.6 cm³/mol. The minimum absolute atomic E-state index is 0.0994. The molecule has 0 fully saturated rings. The van der Waals surface area contributed by atoms with Crippen molar-refractivity contribution in [1.29, 1.82) is 0 Å². The number of carboxylic acid groups (broad SMARTS) is 2. The number of rotatable bonds is 5. The number of hydrogen-bond acceptors (Lipinski definition) is 5. The molecule has 0 aliphatic heterocycles. The molecule has 2 aromatic carbocycles. The Labute approximate surface area is 150 Å². The quantitative estimate of drug-likeness (QED) is 0.702. The second kappa shape index (κ2) is 10.5. The molecule has 0 aliphatic carbocycles. The first kappa shape index (κ1) is 20.7. The molecule has 0 saturated carbocycles. The van der Waals surface area contributed by atoms with E-state index in [1.54, 1.807) is 11.8 Å². The van der Waals surface area contributed by atoms with Crippen LogP contribution < -0.4 is 0 Å². The van der Waals surface area contributed by atoms with Crippen LogP contribution in [0.5, 0.6) is 0 Å². The van der Waals surface area contributed by atoms with Crippen LogP contribution >= 0.6 is 11.8 Å². The second-order valence-corrected chi connectivity index (χ2v) is 6.48. The van der Waals surface area contributed by atoms with E-state index in [0.29, 0.717) is 0 Å². The van der Waals surface area contributed by atoms with E-state index < -0.39 is 11.9 Å². The van der Waals surface area contributed by atoms with E-state index in [4.69, 9.17) is 24.9 Å². The summed E-state index contributed by atoms with van der Waals surface area (Å²) in [5.41, 5.74) is 2.29. The molecule has 0 radical (unpaired) electrons. The molecule has 2 rings (SSSR count). The summed E-state index contributed by atoms with van der Waals surface area (Å²) in [6.07, 6.45) is 0. The van der Waals surface area contributed by atoms with E-state index in [-0.39, 0.29) is 6.61 Å². The molecule has 0 saturated heterocycles. The maximum atomic E-state index is 9.10. The zero-order chi connectivity index (χ0) is 18.8. The molecule has 0 spiro atoms. The van der Waals surface area contributed by atoms with Crippen LogP contribution in [0.1, 0.15) is 11.1 Å². The van der Waals surface area contributed by atoms with Gasteiger partial charge in [-0.1, -0.05) is 42.1 Å². The van der Waals surface area contributed by atoms with Gasteiger partial charge in [-0.25, -0.2) is 9.59 Å². The Bertz CT molecular complexity index is 689. The molecular weight excluding hydrogens is 342 g/mol. The Balaban J connectivity index is 0.000000450. The van der Waals surface area contributed by atoms with E-state index >= 15 is 0 Å². The Kier molecular flexibility index (Phi) is 8.69. The monoisotopic (exact) mass is 363 g/mol. The van der Waals surface area contributed by atoms with Crippen LogP contribution in [0, 0.1) is 0 Å². The van der Waals surface area contributed by atoms with Gasteiger partial charge in [-0.05, 0) is 43.4 Å². The van der Waals surface area contributed by atoms with Crippen LogP contribution in [0.3, 0.4) is 0 Å². The van der Waals surface area contributed by atoms with Gasteiger partial charge in [-0.2, -0.15) is 0 Å². The molecule has 0 unspecified atom stereocenters. The average molecular weight is 363 g/mol. The third kappa shape index (κ3) is 7.84. The summed E-state index contributed by atoms with van der Waals surface area (Å²) in [6.45, 7) is 1.04. The van der Waals surface area contributed by atoms with Crippen molar-refractivity contribution in [3.63, 3.8) is 0 Å². The van der Waals surface area contributed by atoms with Gasteiger partial charge >= 0.3 is 11.9 Å². The molecule has 0 heterocycles. The van der Waals surface area contributed by atoms with Gasteiger partial charge in [0.05, 0.1) is 6.61 Å². The van der Waals surface area contributed by atoms with Crippen molar-refractivity contribution in [3.8, 4) is 0 Å². The highest BCUT2D eigenvalue weighted by molar-refractivity contribution is 7.99. The maximum Gasteiger partial charge on any atom is 0.414 e. The first-order valence-corrected chi connectivity index (χ1v) is 8.21. The molecule has 0 aromatic heterocycles. The van der Waals surface area contributed by atoms with E-state index in [2.05, 4.69) is 55.4 Å². The Morgan fingerprint density at radius 1 is 0.960 bits per heavy atom. The van der Waals surface area contributed by atoms with Gasteiger partial charge in [0.15, 0.2) is 0 Å². The lowest BCUT2D eigenvalue weighted by atomic mass is 10.2. The van der Waals surface area contributed by atoms with Gasteiger partial charge in [0, 0.05) is 16.3 Å². The standard InChI is InChI=1S/C16H19NOS.C2H2O4/c1-17(2)11-14-5-3-4-6-16(14)19-15-9-7-13(12-18)8-10-15;3-1(4)2(5)6/h3-10,18H,11-12H2,1-2H3;(H,3,4)(H,5,6). The molecular formula is C18H21NO5S. The SMILES string of the molecule is CN(C)Cc1ccccc1Sc1ccc(CO)cc1.O=C(O)C(=O)O. The summed E-state index contributed by atoms with van der Waals surface area (Å²) in [5, 5.41) is 23.8. The van der Waals surface area contributed by atoms with Crippen molar-refractivity contribution in [2.24, 2.45) is 0 Å². The van der Waals surface area contributed by atoms with Crippen LogP contribution in [-0.4, -0.2) is 46.3 Å². The van der Waals surface area contributed by atoms with Crippen molar-refractivity contribution in [2.45, 2.75) is 22.9 Å². The topological polar surface area (TPSA) is 98.1 Å². The third-order valence-electron chi connectivity index (χ3n) is 2.98. The maximum absolute atomic E-state index is 9.10. The van der Waals surface area contributed by atoms with Crippen LogP contribution in [0.25, 0.3) is 0 Å². The normalized spacial score (nSPS) is 10.1. The molecule has 0 aliphatic rings. The van der Waals surface area contributed by atoms with E-state index in [9.17, 15) is 0 Å². The second-order valence-electron chi connectivity index (χ2n) is 5.36. The molecule has 25 heavy (non-hydrogen) atoms. The largest absolute Gasteiger partial charge is 0.473 e. The fourth-order valence-electron chi connectivity index (χ4n) is 1.86. The summed E-state index contributed by atoms with van der Waals surface area (Å²) >= 11 is 1.77. The van der Waals surface area contributed by atoms with Crippen molar-refractivity contribution >= 4 is 23.7 Å². The fraction of sp³-hybridized carbons (Fsp3) is 0.222. The molecule has 134 valence electrons. The van der Waals surface area contributed by atoms with E-state index in [1.807, 2.05) is 12.1 Å². The molecule has 2 aromatic rings. The highest BCUT2D eigenvalue weighted by Crippen LogP contribution is 2.31. The first-order chi connectivity index (χ1) is 11.8. The van der Waals surface area contributed by atoms with E-state index in [1.165, 1.54) is 15.4 Å². The number of carboxylic acids is 2. The minimum Gasteiger partial charge on any atom is -0.473 e. The van der Waals surface area contributed by atoms with Crippen molar-refractivity contribution < 1.29 is 24.9 Å². The van der Waals surface area contributed by atoms with Gasteiger partial charge in [-0.15, -0.1) is 0 Å². The third-order valence-corrected chi connectivity index (χ3v) is 4.10. The van der Waals surface area contributed by atoms with Crippen LogP contribution in [0.2, 0.25) is 0 Å². The van der Waals surface area contributed by atoms with Crippen LogP contribution in [-0.2, 0) is 22.7 Å². The molecule has 6 nitrogen and oxygen atoms in total. The van der Waals surface area contributed by atoms with E-state index in [0.717, 1.165) is 12.1 Å². The lowest BCUT2D eigenvalue weighted by Crippen LogP contribution is -2.11. The number of nitrogens with zero attached hydrogens (tertiary/aromatic N) is 1. The Morgan fingerprint density at radius 2 is 1.52 bits per heavy atom. The van der Waals surface area contributed by atoms with Gasteiger partial charge in [0.2, 0.25) is 0 Å². The van der Waals surface area contributed by atoms with Crippen LogP contribution in [0.15, 0.2) is 58.3 Å². The summed E-state index contributed by atoms with van der Waals surface area (Å²) in [6, 6.07) is 16.5. The predicted octanol–water partition coefficient (Wildman–Crippen LogP) is 2.55. The van der Waals surface area contributed by atoms with Crippen molar-refractivity contribution in [1.82, 2.24) is 4.90 Å². The zero-order valence-corrected chi connectivity index (χ0v) is 14.9. The summed E-state index contributed by atoms with van der Waals surface area (Å²) in [5.74, 6) is -3.65. The zero-order valence-electron chi connectivity index (χ0n) is 14.0. The Hall–Kier alpha value is -2.35. The highest BCUT2D eigenvalue weighted by atomic mass is 32.2. The number of carbonyl (C=O) groups is 2. The van der Waals surface area contributed by atoms with Crippen molar-refractivity contribution in [2.75, 3.05) is 14.1 Å². The number of aliphatic hydroxyl groups is 1. The lowest BCUT2D eigenvalue weighted by molar-refractivity contribution is -0.159. The smallest absolute Gasteiger partial charge is 0.414 e. The number of benzene rings is 2. The Morgan fingerprint density at radius 3 is 2.00 bits per heavy atom. The molecule has 0 amide bonds. The van der Waals surface area contributed by atoms with Crippen LogP contribution in [0.4, 0.5) is 0 Å². The molecule has 7 heteroatoms. The average Bonchev–Trinajstić information content (AvgIpc) is 2.57. The summed E-state index contributed by atoms with van der Waals surface area (Å²) in [4.78, 5) is 22.9. The van der Waals surface area contributed by atoms with Crippen molar-refractivity contribution in [3.05, 3.63) is 59.7 Å². The lowest BCUT2D eigenvalue weighted by Gasteiger charge is -2.13. The summed E-state index contributed by atoms with van der Waals surface area (Å²) < 4.78 is 0. The fourth-order valence-corrected chi connectivity index (χ4v) is 2.80. The van der Waals surface area contributed by atoms with Gasteiger partial charge in [0.25, 0.3) is 0 Å². The minimum atomic E-state index is -1.82. The first-order valence-electron chi connectivity index (χ1n) is 7.40. The highest BCUT2D eigenvalue weighted by Gasteiger charge is 2.05. The number of hydrogen-bond donors (Lipinski definition) is 3. The van der Waals surface area contributed by atoms with Gasteiger partial charge in [0.1, 0.15) is 0 Å². The van der Waals surface area contributed by atoms with Gasteiger partial charge < -0.3 is 20.2 Å². The molecule has 3 N–H and O–H groups in total. The number of aliphatic carboxylic acids is 2. The molecule has 0 bridgehead atoms. The van der Waals surface area contributed by atoms with Gasteiger partial charge in [-0.3, -0.25) is 0 Å². The molecule has 0 atom stereocenters. The number of aliphatic hydroxyl groups excluding tert-OH is 1.